The van der Waals surface area contributed by atoms with Crippen LogP contribution in [0.25, 0.3) is 6.08 Å². The number of carbonyl (C=O) groups excluding carboxylic acids is 1. The van der Waals surface area contributed by atoms with Crippen LogP contribution in [0.5, 0.6) is 28.7 Å². The van der Waals surface area contributed by atoms with Crippen LogP contribution in [0.2, 0.25) is 0 Å². The quantitative estimate of drug-likeness (QED) is 0.443. The third-order valence-corrected chi connectivity index (χ3v) is 6.32. The largest absolute Gasteiger partial charge is 0.493 e. The first-order valence-electron chi connectivity index (χ1n) is 11.6. The van der Waals surface area contributed by atoms with E-state index in [1.807, 2.05) is 30.3 Å². The van der Waals surface area contributed by atoms with E-state index in [9.17, 15) is 9.18 Å². The molecule has 3 aromatic rings. The maximum Gasteiger partial charge on any atom is 0.247 e. The van der Waals surface area contributed by atoms with Gasteiger partial charge in [-0.05, 0) is 77.7 Å². The van der Waals surface area contributed by atoms with Gasteiger partial charge in [-0.25, -0.2) is 4.39 Å². The summed E-state index contributed by atoms with van der Waals surface area (Å²) in [6, 6.07) is 14.8. The molecule has 7 nitrogen and oxygen atoms in total. The van der Waals surface area contributed by atoms with Gasteiger partial charge in [0.25, 0.3) is 0 Å². The van der Waals surface area contributed by atoms with Crippen molar-refractivity contribution in [2.45, 2.75) is 12.5 Å². The first-order valence-corrected chi connectivity index (χ1v) is 11.6. The summed E-state index contributed by atoms with van der Waals surface area (Å²) < 4.78 is 41.1. The Morgan fingerprint density at radius 3 is 2.56 bits per heavy atom. The van der Waals surface area contributed by atoms with Crippen molar-refractivity contribution in [1.82, 2.24) is 4.90 Å². The zero-order valence-electron chi connectivity index (χ0n) is 20.0. The van der Waals surface area contributed by atoms with E-state index in [0.29, 0.717) is 41.7 Å². The van der Waals surface area contributed by atoms with Gasteiger partial charge in [-0.2, -0.15) is 0 Å². The number of ether oxygens (including phenoxy) is 5. The van der Waals surface area contributed by atoms with Gasteiger partial charge in [0.1, 0.15) is 18.2 Å². The number of benzene rings is 3. The Bertz CT molecular complexity index is 1290. The minimum Gasteiger partial charge on any atom is -0.493 e. The van der Waals surface area contributed by atoms with Crippen LogP contribution < -0.4 is 23.7 Å². The minimum atomic E-state index is -0.382. The lowest BCUT2D eigenvalue weighted by Crippen LogP contribution is -2.41. The fourth-order valence-corrected chi connectivity index (χ4v) is 4.46. The van der Waals surface area contributed by atoms with Gasteiger partial charge in [-0.3, -0.25) is 4.79 Å². The number of amides is 1. The van der Waals surface area contributed by atoms with E-state index >= 15 is 0 Å². The molecule has 0 saturated carbocycles. The molecule has 0 fully saturated rings. The molecular formula is C28H26FNO6. The van der Waals surface area contributed by atoms with Crippen LogP contribution in [-0.4, -0.2) is 45.0 Å². The fourth-order valence-electron chi connectivity index (χ4n) is 4.46. The predicted octanol–water partition coefficient (Wildman–Crippen LogP) is 4.79. The van der Waals surface area contributed by atoms with Crippen molar-refractivity contribution in [2.75, 3.05) is 34.2 Å². The van der Waals surface area contributed by atoms with E-state index in [1.54, 1.807) is 43.4 Å². The Morgan fingerprint density at radius 2 is 1.78 bits per heavy atom. The van der Waals surface area contributed by atoms with Crippen molar-refractivity contribution < 1.29 is 32.9 Å². The second kappa shape index (κ2) is 10.2. The van der Waals surface area contributed by atoms with Gasteiger partial charge < -0.3 is 28.6 Å². The average molecular weight is 492 g/mol. The van der Waals surface area contributed by atoms with Crippen molar-refractivity contribution in [2.24, 2.45) is 0 Å². The zero-order chi connectivity index (χ0) is 25.1. The molecule has 0 aliphatic carbocycles. The maximum absolute atomic E-state index is 13.4. The van der Waals surface area contributed by atoms with Crippen molar-refractivity contribution in [3.05, 3.63) is 83.2 Å². The van der Waals surface area contributed by atoms with Crippen molar-refractivity contribution in [3.63, 3.8) is 0 Å². The van der Waals surface area contributed by atoms with E-state index in [4.69, 9.17) is 23.7 Å². The summed E-state index contributed by atoms with van der Waals surface area (Å²) in [5.41, 5.74) is 2.81. The molecule has 0 spiro atoms. The smallest absolute Gasteiger partial charge is 0.247 e. The Morgan fingerprint density at radius 1 is 1.03 bits per heavy atom. The van der Waals surface area contributed by atoms with Crippen LogP contribution in [0.4, 0.5) is 4.39 Å². The highest BCUT2D eigenvalue weighted by atomic mass is 19.1. The van der Waals surface area contributed by atoms with Crippen molar-refractivity contribution in [3.8, 4) is 28.7 Å². The molecule has 2 heterocycles. The summed E-state index contributed by atoms with van der Waals surface area (Å²) in [7, 11) is 3.17. The van der Waals surface area contributed by atoms with Crippen LogP contribution in [-0.2, 0) is 11.2 Å². The van der Waals surface area contributed by atoms with Gasteiger partial charge in [-0.15, -0.1) is 0 Å². The van der Waals surface area contributed by atoms with Gasteiger partial charge in [0.15, 0.2) is 23.0 Å². The van der Waals surface area contributed by atoms with Crippen molar-refractivity contribution >= 4 is 12.0 Å². The molecule has 0 saturated heterocycles. The topological polar surface area (TPSA) is 66.5 Å². The van der Waals surface area contributed by atoms with E-state index in [1.165, 1.54) is 12.1 Å². The molecule has 1 amide bonds. The highest BCUT2D eigenvalue weighted by Crippen LogP contribution is 2.39. The minimum absolute atomic E-state index is 0.152. The summed E-state index contributed by atoms with van der Waals surface area (Å²) in [5, 5.41) is 0. The first-order chi connectivity index (χ1) is 17.6. The fraction of sp³-hybridized carbons (Fsp3) is 0.250. The first kappa shape index (κ1) is 23.5. The maximum atomic E-state index is 13.4. The molecule has 36 heavy (non-hydrogen) atoms. The molecule has 2 aliphatic rings. The molecule has 0 aromatic heterocycles. The van der Waals surface area contributed by atoms with Gasteiger partial charge in [0.05, 0.1) is 20.3 Å². The molecule has 2 aliphatic heterocycles. The van der Waals surface area contributed by atoms with Crippen LogP contribution in [0.1, 0.15) is 22.7 Å². The lowest BCUT2D eigenvalue weighted by atomic mass is 9.92. The van der Waals surface area contributed by atoms with Crippen LogP contribution >= 0.6 is 0 Å². The summed E-state index contributed by atoms with van der Waals surface area (Å²) in [6.45, 7) is 0.889. The molecule has 0 N–H and O–H groups in total. The highest BCUT2D eigenvalue weighted by molar-refractivity contribution is 5.92. The Labute approximate surface area is 208 Å². The van der Waals surface area contributed by atoms with Gasteiger partial charge in [-0.1, -0.05) is 6.07 Å². The average Bonchev–Trinajstić information content (AvgIpc) is 3.38. The highest BCUT2D eigenvalue weighted by Gasteiger charge is 2.32. The molecule has 5 rings (SSSR count). The standard InChI is InChI=1S/C28H26FNO6/c1-32-25-14-19-11-12-30(28(31)10-4-18-3-9-24-27(13-18)36-17-35-24)23(22(19)15-26(25)33-2)16-34-21-7-5-20(29)6-8-21/h3-10,13-15,23H,11-12,16-17H2,1-2H3/b10-4+/t23-/m1/s1. The number of rotatable bonds is 7. The molecule has 0 bridgehead atoms. The SMILES string of the molecule is COc1cc2c(cc1OC)[C@@H](COc1ccc(F)cc1)N(C(=O)/C=C/c1ccc3c(c1)OCO3)CC2. The van der Waals surface area contributed by atoms with Crippen molar-refractivity contribution in [1.29, 1.82) is 0 Å². The van der Waals surface area contributed by atoms with Gasteiger partial charge in [0.2, 0.25) is 12.7 Å². The summed E-state index contributed by atoms with van der Waals surface area (Å²) in [4.78, 5) is 15.2. The molecule has 1 atom stereocenters. The molecular weight excluding hydrogens is 465 g/mol. The Kier molecular flexibility index (Phi) is 6.66. The summed E-state index contributed by atoms with van der Waals surface area (Å²) in [5.74, 6) is 2.59. The Balaban J connectivity index is 1.42. The summed E-state index contributed by atoms with van der Waals surface area (Å²) >= 11 is 0. The molecule has 0 unspecified atom stereocenters. The van der Waals surface area contributed by atoms with E-state index in [0.717, 1.165) is 16.7 Å². The lowest BCUT2D eigenvalue weighted by Gasteiger charge is -2.37. The lowest BCUT2D eigenvalue weighted by molar-refractivity contribution is -0.129. The zero-order valence-corrected chi connectivity index (χ0v) is 20.0. The molecule has 186 valence electrons. The number of methoxy groups -OCH3 is 2. The van der Waals surface area contributed by atoms with Crippen LogP contribution in [0.3, 0.4) is 0 Å². The second-order valence-electron chi connectivity index (χ2n) is 8.41. The van der Waals surface area contributed by atoms with E-state index in [2.05, 4.69) is 0 Å². The number of nitrogens with zero attached hydrogens (tertiary/aromatic N) is 1. The number of hydrogen-bond acceptors (Lipinski definition) is 6. The third-order valence-electron chi connectivity index (χ3n) is 6.32. The molecule has 0 radical (unpaired) electrons. The number of carbonyl (C=O) groups is 1. The second-order valence-corrected chi connectivity index (χ2v) is 8.41. The number of halogens is 1. The summed E-state index contributed by atoms with van der Waals surface area (Å²) in [6.07, 6.45) is 3.97. The Hall–Kier alpha value is -4.20. The monoisotopic (exact) mass is 491 g/mol. The van der Waals surface area contributed by atoms with E-state index in [-0.39, 0.29) is 31.2 Å². The number of hydrogen-bond donors (Lipinski definition) is 0. The normalized spacial score (nSPS) is 16.1. The van der Waals surface area contributed by atoms with Crippen LogP contribution in [0, 0.1) is 5.82 Å². The van der Waals surface area contributed by atoms with E-state index < -0.39 is 0 Å². The number of fused-ring (bicyclic) bond motifs is 2. The van der Waals surface area contributed by atoms with Gasteiger partial charge in [0, 0.05) is 12.6 Å². The predicted molar refractivity (Wildman–Crippen MR) is 131 cm³/mol. The third kappa shape index (κ3) is 4.79. The van der Waals surface area contributed by atoms with Gasteiger partial charge >= 0.3 is 0 Å². The molecule has 3 aromatic carbocycles. The molecule has 8 heteroatoms. The van der Waals surface area contributed by atoms with Crippen LogP contribution in [0.15, 0.2) is 60.7 Å².